The second-order valence-electron chi connectivity index (χ2n) is 1.72. The monoisotopic (exact) mass is 136 g/mol. The first-order chi connectivity index (χ1) is 4.93. The van der Waals surface area contributed by atoms with E-state index in [9.17, 15) is 0 Å². The predicted molar refractivity (Wildman–Crippen MR) is 38.8 cm³/mol. The minimum absolute atomic E-state index is 0.716. The van der Waals surface area contributed by atoms with E-state index in [0.717, 1.165) is 6.26 Å². The van der Waals surface area contributed by atoms with Gasteiger partial charge in [0.05, 0.1) is 0 Å². The molecule has 0 heterocycles. The van der Waals surface area contributed by atoms with Crippen LogP contribution in [0.15, 0.2) is 42.9 Å². The van der Waals surface area contributed by atoms with Gasteiger partial charge in [-0.15, -0.1) is 0 Å². The van der Waals surface area contributed by atoms with Crippen molar-refractivity contribution in [3.63, 3.8) is 0 Å². The van der Waals surface area contributed by atoms with E-state index in [-0.39, 0.29) is 0 Å². The summed E-state index contributed by atoms with van der Waals surface area (Å²) >= 11 is 0. The molecule has 0 atom stereocenters. The Morgan fingerprint density at radius 2 is 1.90 bits per heavy atom. The summed E-state index contributed by atoms with van der Waals surface area (Å²) in [5.41, 5.74) is 0. The van der Waals surface area contributed by atoms with E-state index in [2.05, 4.69) is 0 Å². The number of aliphatic hydroxyl groups excluding tert-OH is 1. The first-order valence-corrected chi connectivity index (χ1v) is 2.94. The number of ether oxygens (including phenoxy) is 1. The largest absolute Gasteiger partial charge is 0.512 e. The van der Waals surface area contributed by atoms with Gasteiger partial charge in [0.2, 0.25) is 0 Å². The van der Waals surface area contributed by atoms with E-state index in [1.54, 1.807) is 12.1 Å². The summed E-state index contributed by atoms with van der Waals surface area (Å²) in [6, 6.07) is 9.23. The van der Waals surface area contributed by atoms with Crippen molar-refractivity contribution in [2.75, 3.05) is 0 Å². The van der Waals surface area contributed by atoms with Gasteiger partial charge in [0.15, 0.2) is 0 Å². The lowest BCUT2D eigenvalue weighted by Gasteiger charge is -1.95. The lowest BCUT2D eigenvalue weighted by atomic mass is 10.3. The summed E-state index contributed by atoms with van der Waals surface area (Å²) in [6.45, 7) is 0. The second kappa shape index (κ2) is 3.56. The molecule has 1 aromatic carbocycles. The summed E-state index contributed by atoms with van der Waals surface area (Å²) in [5.74, 6) is 0.716. The minimum atomic E-state index is 0.716. The van der Waals surface area contributed by atoms with Crippen molar-refractivity contribution in [3.8, 4) is 5.75 Å². The molecule has 1 rings (SSSR count). The predicted octanol–water partition coefficient (Wildman–Crippen LogP) is 2.09. The van der Waals surface area contributed by atoms with Crippen molar-refractivity contribution in [2.45, 2.75) is 0 Å². The van der Waals surface area contributed by atoms with Crippen molar-refractivity contribution >= 4 is 0 Å². The van der Waals surface area contributed by atoms with Crippen molar-refractivity contribution in [2.24, 2.45) is 0 Å². The molecule has 0 amide bonds. The van der Waals surface area contributed by atoms with Crippen LogP contribution in [0.1, 0.15) is 0 Å². The molecule has 52 valence electrons. The fraction of sp³-hybridized carbons (Fsp3) is 0. The van der Waals surface area contributed by atoms with Gasteiger partial charge < -0.3 is 9.84 Å². The highest BCUT2D eigenvalue weighted by molar-refractivity contribution is 5.21. The second-order valence-corrected chi connectivity index (χ2v) is 1.72. The van der Waals surface area contributed by atoms with Gasteiger partial charge in [-0.25, -0.2) is 0 Å². The topological polar surface area (TPSA) is 29.5 Å². The molecule has 0 unspecified atom stereocenters. The van der Waals surface area contributed by atoms with Crippen LogP contribution in [-0.4, -0.2) is 5.11 Å². The Morgan fingerprint density at radius 3 is 2.50 bits per heavy atom. The van der Waals surface area contributed by atoms with Gasteiger partial charge in [-0.1, -0.05) is 18.2 Å². The number of hydrogen-bond donors (Lipinski definition) is 1. The zero-order valence-corrected chi connectivity index (χ0v) is 5.40. The van der Waals surface area contributed by atoms with Crippen LogP contribution in [0.4, 0.5) is 0 Å². The third-order valence-corrected chi connectivity index (χ3v) is 1.01. The maximum atomic E-state index is 8.22. The van der Waals surface area contributed by atoms with Gasteiger partial charge in [0, 0.05) is 0 Å². The Labute approximate surface area is 59.4 Å². The van der Waals surface area contributed by atoms with Crippen LogP contribution in [0.25, 0.3) is 0 Å². The first-order valence-electron chi connectivity index (χ1n) is 2.94. The molecule has 0 spiro atoms. The molecule has 0 saturated carbocycles. The molecule has 0 aromatic heterocycles. The van der Waals surface area contributed by atoms with Gasteiger partial charge in [-0.05, 0) is 12.1 Å². The Balaban J connectivity index is 2.59. The first kappa shape index (κ1) is 6.68. The maximum Gasteiger partial charge on any atom is 0.126 e. The highest BCUT2D eigenvalue weighted by atomic mass is 16.5. The highest BCUT2D eigenvalue weighted by Gasteiger charge is 1.83. The van der Waals surface area contributed by atoms with Gasteiger partial charge >= 0.3 is 0 Å². The van der Waals surface area contributed by atoms with Crippen LogP contribution in [0.5, 0.6) is 5.75 Å². The zero-order chi connectivity index (χ0) is 7.23. The Bertz CT molecular complexity index is 204. The molecule has 0 fully saturated rings. The Hall–Kier alpha value is -1.44. The normalized spacial score (nSPS) is 10.0. The molecule has 10 heavy (non-hydrogen) atoms. The van der Waals surface area contributed by atoms with Crippen LogP contribution in [0, 0.1) is 0 Å². The smallest absolute Gasteiger partial charge is 0.126 e. The number of para-hydroxylation sites is 1. The number of rotatable bonds is 2. The Kier molecular flexibility index (Phi) is 2.38. The third kappa shape index (κ3) is 1.82. The van der Waals surface area contributed by atoms with Crippen molar-refractivity contribution in [3.05, 3.63) is 42.9 Å². The molecule has 2 heteroatoms. The number of hydrogen-bond acceptors (Lipinski definition) is 2. The van der Waals surface area contributed by atoms with Crippen molar-refractivity contribution in [1.82, 2.24) is 0 Å². The van der Waals surface area contributed by atoms with E-state index in [1.807, 2.05) is 18.2 Å². The van der Waals surface area contributed by atoms with E-state index in [1.165, 1.54) is 6.26 Å². The lowest BCUT2D eigenvalue weighted by molar-refractivity contribution is 0.414. The molecule has 0 saturated heterocycles. The van der Waals surface area contributed by atoms with E-state index in [4.69, 9.17) is 9.84 Å². The molecule has 0 bridgehead atoms. The molecule has 1 aromatic rings. The molecule has 2 nitrogen and oxygen atoms in total. The van der Waals surface area contributed by atoms with Crippen LogP contribution in [0.2, 0.25) is 0 Å². The molecule has 0 aliphatic rings. The standard InChI is InChI=1S/C8H8O2/c9-6-7-10-8-4-2-1-3-5-8/h1-7,9H. The van der Waals surface area contributed by atoms with Crippen LogP contribution >= 0.6 is 0 Å². The zero-order valence-electron chi connectivity index (χ0n) is 5.40. The summed E-state index contributed by atoms with van der Waals surface area (Å²) in [6.07, 6.45) is 2.07. The van der Waals surface area contributed by atoms with Crippen LogP contribution in [0.3, 0.4) is 0 Å². The van der Waals surface area contributed by atoms with Crippen molar-refractivity contribution < 1.29 is 9.84 Å². The van der Waals surface area contributed by atoms with Crippen LogP contribution in [-0.2, 0) is 0 Å². The molecular weight excluding hydrogens is 128 g/mol. The molecular formula is C8H8O2. The van der Waals surface area contributed by atoms with E-state index >= 15 is 0 Å². The van der Waals surface area contributed by atoms with Gasteiger partial charge in [0.1, 0.15) is 18.3 Å². The lowest BCUT2D eigenvalue weighted by Crippen LogP contribution is -1.79. The minimum Gasteiger partial charge on any atom is -0.512 e. The molecule has 0 radical (unpaired) electrons. The van der Waals surface area contributed by atoms with Gasteiger partial charge in [0.25, 0.3) is 0 Å². The van der Waals surface area contributed by atoms with Crippen LogP contribution < -0.4 is 4.74 Å². The summed E-state index contributed by atoms with van der Waals surface area (Å²) in [7, 11) is 0. The van der Waals surface area contributed by atoms with Gasteiger partial charge in [-0.2, -0.15) is 0 Å². The van der Waals surface area contributed by atoms with E-state index < -0.39 is 0 Å². The molecule has 0 aliphatic heterocycles. The molecule has 0 aliphatic carbocycles. The maximum absolute atomic E-state index is 8.22. The highest BCUT2D eigenvalue weighted by Crippen LogP contribution is 2.07. The van der Waals surface area contributed by atoms with Crippen molar-refractivity contribution in [1.29, 1.82) is 0 Å². The number of benzene rings is 1. The van der Waals surface area contributed by atoms with Gasteiger partial charge in [-0.3, -0.25) is 0 Å². The number of aliphatic hydroxyl groups is 1. The fourth-order valence-corrected chi connectivity index (χ4v) is 0.608. The average Bonchev–Trinajstić information content (AvgIpc) is 2.03. The quantitative estimate of drug-likeness (QED) is 0.631. The Morgan fingerprint density at radius 1 is 1.20 bits per heavy atom. The van der Waals surface area contributed by atoms with E-state index in [0.29, 0.717) is 5.75 Å². The fourth-order valence-electron chi connectivity index (χ4n) is 0.608. The third-order valence-electron chi connectivity index (χ3n) is 1.01. The summed E-state index contributed by atoms with van der Waals surface area (Å²) < 4.78 is 4.92. The average molecular weight is 136 g/mol. The summed E-state index contributed by atoms with van der Waals surface area (Å²) in [4.78, 5) is 0. The molecule has 1 N–H and O–H groups in total. The SMILES string of the molecule is OC=COc1ccccc1. The summed E-state index contributed by atoms with van der Waals surface area (Å²) in [5, 5.41) is 8.22.